The molecule has 0 bridgehead atoms. The second-order valence-electron chi connectivity index (χ2n) is 3.98. The first-order valence-corrected chi connectivity index (χ1v) is 5.17. The molecule has 0 aliphatic carbocycles. The lowest BCUT2D eigenvalue weighted by atomic mass is 10.1. The molecule has 0 heterocycles. The second kappa shape index (κ2) is 5.30. The third-order valence-corrected chi connectivity index (χ3v) is 2.12. The number of hydrogen-bond acceptors (Lipinski definition) is 2. The van der Waals surface area contributed by atoms with Crippen molar-refractivity contribution in [1.29, 1.82) is 0 Å². The highest BCUT2D eigenvalue weighted by Crippen LogP contribution is 2.11. The Labute approximate surface area is 94.8 Å². The Kier molecular flexibility index (Phi) is 4.05. The number of amides is 2. The van der Waals surface area contributed by atoms with Crippen LogP contribution in [0.3, 0.4) is 0 Å². The Balaban J connectivity index is 2.64. The normalized spacial score (nSPS) is 10.2. The maximum atomic E-state index is 11.4. The van der Waals surface area contributed by atoms with Gasteiger partial charge in [0.15, 0.2) is 0 Å². The fraction of sp³-hybridized carbons (Fsp3) is 0.333. The van der Waals surface area contributed by atoms with Gasteiger partial charge < -0.3 is 11.1 Å². The maximum Gasteiger partial charge on any atom is 0.226 e. The van der Waals surface area contributed by atoms with E-state index in [1.54, 1.807) is 24.3 Å². The predicted octanol–water partition coefficient (Wildman–Crippen LogP) is 1.31. The molecule has 1 aromatic carbocycles. The number of primary amides is 1. The molecule has 16 heavy (non-hydrogen) atoms. The van der Waals surface area contributed by atoms with Crippen molar-refractivity contribution >= 4 is 17.5 Å². The van der Waals surface area contributed by atoms with Gasteiger partial charge in [0.2, 0.25) is 11.8 Å². The molecule has 0 fully saturated rings. The smallest absolute Gasteiger partial charge is 0.226 e. The van der Waals surface area contributed by atoms with E-state index in [-0.39, 0.29) is 24.2 Å². The molecule has 0 saturated carbocycles. The van der Waals surface area contributed by atoms with Crippen molar-refractivity contribution < 1.29 is 9.59 Å². The van der Waals surface area contributed by atoms with Crippen molar-refractivity contribution in [2.24, 2.45) is 11.7 Å². The molecule has 2 amide bonds. The molecule has 0 aliphatic rings. The predicted molar refractivity (Wildman–Crippen MR) is 62.8 cm³/mol. The van der Waals surface area contributed by atoms with E-state index in [9.17, 15) is 9.59 Å². The molecule has 0 unspecified atom stereocenters. The maximum absolute atomic E-state index is 11.4. The molecule has 4 nitrogen and oxygen atoms in total. The van der Waals surface area contributed by atoms with E-state index in [1.165, 1.54) is 0 Å². The summed E-state index contributed by atoms with van der Waals surface area (Å²) in [6, 6.07) is 7.08. The number of nitrogens with one attached hydrogen (secondary N) is 1. The summed E-state index contributed by atoms with van der Waals surface area (Å²) < 4.78 is 0. The van der Waals surface area contributed by atoms with Gasteiger partial charge in [0.25, 0.3) is 0 Å². The number of carbonyl (C=O) groups excluding carboxylic acids is 2. The van der Waals surface area contributed by atoms with Gasteiger partial charge in [0.1, 0.15) is 0 Å². The Hall–Kier alpha value is -1.84. The van der Waals surface area contributed by atoms with Gasteiger partial charge in [-0.25, -0.2) is 0 Å². The third-order valence-electron chi connectivity index (χ3n) is 2.12. The van der Waals surface area contributed by atoms with Crippen molar-refractivity contribution in [2.45, 2.75) is 20.3 Å². The Morgan fingerprint density at radius 1 is 1.25 bits per heavy atom. The van der Waals surface area contributed by atoms with Gasteiger partial charge in [-0.2, -0.15) is 0 Å². The van der Waals surface area contributed by atoms with Crippen LogP contribution >= 0.6 is 0 Å². The lowest BCUT2D eigenvalue weighted by Gasteiger charge is -2.07. The molecular formula is C12H16N2O2. The summed E-state index contributed by atoms with van der Waals surface area (Å²) in [4.78, 5) is 22.1. The van der Waals surface area contributed by atoms with Crippen LogP contribution < -0.4 is 11.1 Å². The first-order valence-electron chi connectivity index (χ1n) is 5.17. The Morgan fingerprint density at radius 3 is 2.25 bits per heavy atom. The molecule has 3 N–H and O–H groups in total. The van der Waals surface area contributed by atoms with E-state index >= 15 is 0 Å². The van der Waals surface area contributed by atoms with E-state index in [0.29, 0.717) is 0 Å². The lowest BCUT2D eigenvalue weighted by molar-refractivity contribution is -0.119. The van der Waals surface area contributed by atoms with E-state index in [0.717, 1.165) is 11.3 Å². The Bertz CT molecular complexity index is 383. The SMILES string of the molecule is CC(C)C(=O)Nc1ccc(CC(N)=O)cc1. The zero-order chi connectivity index (χ0) is 12.1. The summed E-state index contributed by atoms with van der Waals surface area (Å²) in [7, 11) is 0. The molecule has 0 saturated heterocycles. The van der Waals surface area contributed by atoms with Crippen molar-refractivity contribution in [3.05, 3.63) is 29.8 Å². The number of carbonyl (C=O) groups is 2. The average molecular weight is 220 g/mol. The monoisotopic (exact) mass is 220 g/mol. The number of rotatable bonds is 4. The quantitative estimate of drug-likeness (QED) is 0.803. The fourth-order valence-corrected chi connectivity index (χ4v) is 1.19. The van der Waals surface area contributed by atoms with Gasteiger partial charge in [0.05, 0.1) is 6.42 Å². The number of hydrogen-bond donors (Lipinski definition) is 2. The van der Waals surface area contributed by atoms with Crippen LogP contribution in [0.4, 0.5) is 5.69 Å². The van der Waals surface area contributed by atoms with Crippen LogP contribution in [0.25, 0.3) is 0 Å². The third kappa shape index (κ3) is 3.73. The van der Waals surface area contributed by atoms with Gasteiger partial charge in [0, 0.05) is 11.6 Å². The molecule has 0 radical (unpaired) electrons. The minimum Gasteiger partial charge on any atom is -0.369 e. The Morgan fingerprint density at radius 2 is 1.81 bits per heavy atom. The van der Waals surface area contributed by atoms with E-state index < -0.39 is 0 Å². The van der Waals surface area contributed by atoms with Crippen LogP contribution in [0.2, 0.25) is 0 Å². The summed E-state index contributed by atoms with van der Waals surface area (Å²) in [6.07, 6.45) is 0.221. The summed E-state index contributed by atoms with van der Waals surface area (Å²) in [5.74, 6) is -0.438. The topological polar surface area (TPSA) is 72.2 Å². The molecule has 0 spiro atoms. The largest absolute Gasteiger partial charge is 0.369 e. The van der Waals surface area contributed by atoms with Gasteiger partial charge in [-0.3, -0.25) is 9.59 Å². The molecule has 1 aromatic rings. The van der Waals surface area contributed by atoms with Gasteiger partial charge in [-0.15, -0.1) is 0 Å². The molecule has 1 rings (SSSR count). The highest BCUT2D eigenvalue weighted by atomic mass is 16.2. The zero-order valence-electron chi connectivity index (χ0n) is 9.49. The van der Waals surface area contributed by atoms with Crippen molar-refractivity contribution in [2.75, 3.05) is 5.32 Å². The number of benzene rings is 1. The molecule has 0 atom stereocenters. The fourth-order valence-electron chi connectivity index (χ4n) is 1.19. The first kappa shape index (κ1) is 12.2. The highest BCUT2D eigenvalue weighted by molar-refractivity contribution is 5.92. The number of anilines is 1. The summed E-state index contributed by atoms with van der Waals surface area (Å²) in [5.41, 5.74) is 6.65. The summed E-state index contributed by atoms with van der Waals surface area (Å²) >= 11 is 0. The van der Waals surface area contributed by atoms with Crippen LogP contribution in [-0.2, 0) is 16.0 Å². The standard InChI is InChI=1S/C12H16N2O2/c1-8(2)12(16)14-10-5-3-9(4-6-10)7-11(13)15/h3-6,8H,7H2,1-2H3,(H2,13,15)(H,14,16). The van der Waals surface area contributed by atoms with Gasteiger partial charge >= 0.3 is 0 Å². The van der Waals surface area contributed by atoms with Gasteiger partial charge in [-0.1, -0.05) is 26.0 Å². The lowest BCUT2D eigenvalue weighted by Crippen LogP contribution is -2.17. The van der Waals surface area contributed by atoms with Crippen LogP contribution in [0.5, 0.6) is 0 Å². The van der Waals surface area contributed by atoms with Crippen molar-refractivity contribution in [3.63, 3.8) is 0 Å². The van der Waals surface area contributed by atoms with Crippen LogP contribution in [-0.4, -0.2) is 11.8 Å². The van der Waals surface area contributed by atoms with Crippen molar-refractivity contribution in [3.8, 4) is 0 Å². The minimum atomic E-state index is -0.362. The van der Waals surface area contributed by atoms with E-state index in [4.69, 9.17) is 5.73 Å². The summed E-state index contributed by atoms with van der Waals surface area (Å²) in [5, 5.41) is 2.77. The second-order valence-corrected chi connectivity index (χ2v) is 3.98. The van der Waals surface area contributed by atoms with E-state index in [2.05, 4.69) is 5.32 Å². The minimum absolute atomic E-state index is 0.0253. The molecular weight excluding hydrogens is 204 g/mol. The zero-order valence-corrected chi connectivity index (χ0v) is 9.49. The van der Waals surface area contributed by atoms with Crippen molar-refractivity contribution in [1.82, 2.24) is 0 Å². The highest BCUT2D eigenvalue weighted by Gasteiger charge is 2.06. The van der Waals surface area contributed by atoms with Crippen LogP contribution in [0, 0.1) is 5.92 Å². The van der Waals surface area contributed by atoms with Crippen LogP contribution in [0.15, 0.2) is 24.3 Å². The molecule has 0 aromatic heterocycles. The first-order chi connectivity index (χ1) is 7.49. The number of nitrogens with two attached hydrogens (primary N) is 1. The van der Waals surface area contributed by atoms with Gasteiger partial charge in [-0.05, 0) is 17.7 Å². The van der Waals surface area contributed by atoms with Crippen LogP contribution in [0.1, 0.15) is 19.4 Å². The summed E-state index contributed by atoms with van der Waals surface area (Å²) in [6.45, 7) is 3.66. The van der Waals surface area contributed by atoms with E-state index in [1.807, 2.05) is 13.8 Å². The molecule has 4 heteroatoms. The molecule has 86 valence electrons. The average Bonchev–Trinajstić information content (AvgIpc) is 2.20. The molecule has 0 aliphatic heterocycles.